The number of halogens is 1. The van der Waals surface area contributed by atoms with E-state index in [-0.39, 0.29) is 29.9 Å². The van der Waals surface area contributed by atoms with Gasteiger partial charge in [-0.15, -0.1) is 24.0 Å². The molecule has 0 atom stereocenters. The lowest BCUT2D eigenvalue weighted by molar-refractivity contribution is 0.0528. The Morgan fingerprint density at radius 2 is 1.68 bits per heavy atom. The van der Waals surface area contributed by atoms with Gasteiger partial charge in [-0.1, -0.05) is 0 Å². The fourth-order valence-corrected chi connectivity index (χ4v) is 2.06. The molecule has 0 aliphatic carbocycles. The van der Waals surface area contributed by atoms with Gasteiger partial charge < -0.3 is 30.4 Å². The highest BCUT2D eigenvalue weighted by Crippen LogP contribution is 2.08. The van der Waals surface area contributed by atoms with E-state index in [1.807, 2.05) is 27.7 Å². The van der Waals surface area contributed by atoms with Crippen molar-refractivity contribution in [1.29, 1.82) is 0 Å². The summed E-state index contributed by atoms with van der Waals surface area (Å²) in [4.78, 5) is 27.5. The summed E-state index contributed by atoms with van der Waals surface area (Å²) in [6.45, 7) is 9.34. The quantitative estimate of drug-likeness (QED) is 0.185. The summed E-state index contributed by atoms with van der Waals surface area (Å²) in [5.41, 5.74) is 0.301. The van der Waals surface area contributed by atoms with Crippen molar-refractivity contribution in [3.05, 3.63) is 23.7 Å². The zero-order valence-electron chi connectivity index (χ0n) is 17.2. The molecule has 0 saturated carbocycles. The average Bonchev–Trinajstić information content (AvgIpc) is 3.00. The minimum Gasteiger partial charge on any atom is -0.459 e. The van der Waals surface area contributed by atoms with Crippen LogP contribution in [0.15, 0.2) is 21.7 Å². The number of aliphatic imine (C=N–C) groups is 1. The largest absolute Gasteiger partial charge is 0.459 e. The van der Waals surface area contributed by atoms with Gasteiger partial charge in [0.25, 0.3) is 5.91 Å². The van der Waals surface area contributed by atoms with Crippen molar-refractivity contribution >= 4 is 41.9 Å². The number of furan rings is 1. The molecule has 0 spiro atoms. The first-order valence-corrected chi connectivity index (χ1v) is 8.96. The van der Waals surface area contributed by atoms with Gasteiger partial charge in [0.05, 0.1) is 6.26 Å². The second-order valence-corrected chi connectivity index (χ2v) is 6.90. The van der Waals surface area contributed by atoms with Crippen LogP contribution in [-0.2, 0) is 4.74 Å². The number of nitrogens with zero attached hydrogens (tertiary/aromatic N) is 1. The smallest absolute Gasteiger partial charge is 0.407 e. The SMILES string of the molecule is CN=C(NCCCNC(=O)c1occc1C)NCCNC(=O)OC(C)(C)C.I. The van der Waals surface area contributed by atoms with E-state index in [2.05, 4.69) is 26.3 Å². The predicted octanol–water partition coefficient (Wildman–Crippen LogP) is 2.02. The van der Waals surface area contributed by atoms with Gasteiger partial charge in [-0.2, -0.15) is 0 Å². The van der Waals surface area contributed by atoms with E-state index in [1.165, 1.54) is 6.26 Å². The van der Waals surface area contributed by atoms with Crippen LogP contribution in [0.2, 0.25) is 0 Å². The standard InChI is InChI=1S/C18H31N5O4.HI/c1-13-7-12-26-14(13)15(24)20-8-6-9-21-16(19-5)22-10-11-23-17(25)27-18(2,3)4;/h7,12H,6,8-11H2,1-5H3,(H,20,24)(H,23,25)(H2,19,21,22);1H. The molecule has 0 aliphatic heterocycles. The first kappa shape index (κ1) is 26.0. The lowest BCUT2D eigenvalue weighted by atomic mass is 10.2. The van der Waals surface area contributed by atoms with E-state index in [0.29, 0.717) is 37.9 Å². The highest BCUT2D eigenvalue weighted by Gasteiger charge is 2.15. The summed E-state index contributed by atoms with van der Waals surface area (Å²) >= 11 is 0. The summed E-state index contributed by atoms with van der Waals surface area (Å²) in [7, 11) is 1.66. The van der Waals surface area contributed by atoms with Crippen LogP contribution in [-0.4, -0.2) is 56.8 Å². The van der Waals surface area contributed by atoms with Gasteiger partial charge in [-0.25, -0.2) is 4.79 Å². The van der Waals surface area contributed by atoms with Gasteiger partial charge in [0, 0.05) is 38.8 Å². The monoisotopic (exact) mass is 509 g/mol. The van der Waals surface area contributed by atoms with E-state index in [9.17, 15) is 9.59 Å². The van der Waals surface area contributed by atoms with E-state index >= 15 is 0 Å². The highest BCUT2D eigenvalue weighted by atomic mass is 127. The minimum atomic E-state index is -0.514. The molecule has 9 nitrogen and oxygen atoms in total. The third-order valence-corrected chi connectivity index (χ3v) is 3.31. The third-order valence-electron chi connectivity index (χ3n) is 3.31. The molecule has 0 aliphatic rings. The predicted molar refractivity (Wildman–Crippen MR) is 119 cm³/mol. The molecular weight excluding hydrogens is 477 g/mol. The Hall–Kier alpha value is -1.98. The number of guanidine groups is 1. The maximum atomic E-state index is 11.9. The molecular formula is C18H32IN5O4. The Morgan fingerprint density at radius 3 is 2.25 bits per heavy atom. The normalized spacial score (nSPS) is 11.2. The Kier molecular flexibility index (Phi) is 12.3. The maximum absolute atomic E-state index is 11.9. The summed E-state index contributed by atoms with van der Waals surface area (Å²) in [5, 5.41) is 11.7. The molecule has 0 aromatic carbocycles. The van der Waals surface area contributed by atoms with Crippen molar-refractivity contribution in [1.82, 2.24) is 21.3 Å². The molecule has 0 bridgehead atoms. The Balaban J connectivity index is 0.00000729. The molecule has 160 valence electrons. The van der Waals surface area contributed by atoms with Crippen molar-refractivity contribution in [2.24, 2.45) is 4.99 Å². The van der Waals surface area contributed by atoms with Crippen molar-refractivity contribution in [2.75, 3.05) is 33.2 Å². The third kappa shape index (κ3) is 11.0. The summed E-state index contributed by atoms with van der Waals surface area (Å²) < 4.78 is 10.3. The number of carbonyl (C=O) groups excluding carboxylic acids is 2. The van der Waals surface area contributed by atoms with E-state index in [0.717, 1.165) is 12.0 Å². The number of nitrogens with one attached hydrogen (secondary N) is 4. The van der Waals surface area contributed by atoms with Crippen LogP contribution < -0.4 is 21.3 Å². The van der Waals surface area contributed by atoms with Gasteiger partial charge >= 0.3 is 6.09 Å². The van der Waals surface area contributed by atoms with Gasteiger partial charge in [0.15, 0.2) is 11.7 Å². The maximum Gasteiger partial charge on any atom is 0.407 e. The molecule has 1 heterocycles. The van der Waals surface area contributed by atoms with Crippen LogP contribution in [0.25, 0.3) is 0 Å². The van der Waals surface area contributed by atoms with E-state index < -0.39 is 11.7 Å². The average molecular weight is 509 g/mol. The highest BCUT2D eigenvalue weighted by molar-refractivity contribution is 14.0. The summed E-state index contributed by atoms with van der Waals surface area (Å²) in [6, 6.07) is 1.75. The van der Waals surface area contributed by atoms with Gasteiger partial charge in [0.1, 0.15) is 5.60 Å². The molecule has 0 unspecified atom stereocenters. The second-order valence-electron chi connectivity index (χ2n) is 6.90. The van der Waals surface area contributed by atoms with Crippen LogP contribution in [0.3, 0.4) is 0 Å². The lowest BCUT2D eigenvalue weighted by Gasteiger charge is -2.19. The van der Waals surface area contributed by atoms with Gasteiger partial charge in [-0.3, -0.25) is 9.79 Å². The number of alkyl carbamates (subject to hydrolysis) is 1. The second kappa shape index (κ2) is 13.2. The Labute approximate surface area is 183 Å². The molecule has 28 heavy (non-hydrogen) atoms. The van der Waals surface area contributed by atoms with Crippen molar-refractivity contribution in [3.8, 4) is 0 Å². The lowest BCUT2D eigenvalue weighted by Crippen LogP contribution is -2.43. The van der Waals surface area contributed by atoms with Crippen LogP contribution in [0.1, 0.15) is 43.3 Å². The Morgan fingerprint density at radius 1 is 1.07 bits per heavy atom. The number of hydrogen-bond acceptors (Lipinski definition) is 5. The molecule has 0 fully saturated rings. The number of aryl methyl sites for hydroxylation is 1. The topological polar surface area (TPSA) is 117 Å². The molecule has 1 aromatic heterocycles. The van der Waals surface area contributed by atoms with Gasteiger partial charge in [0.2, 0.25) is 0 Å². The summed E-state index contributed by atoms with van der Waals surface area (Å²) in [6.07, 6.45) is 1.77. The fourth-order valence-electron chi connectivity index (χ4n) is 2.06. The summed E-state index contributed by atoms with van der Waals surface area (Å²) in [5.74, 6) is 0.750. The number of amides is 2. The number of hydrogen-bond donors (Lipinski definition) is 4. The molecule has 10 heteroatoms. The minimum absolute atomic E-state index is 0. The zero-order valence-corrected chi connectivity index (χ0v) is 19.5. The van der Waals surface area contributed by atoms with E-state index in [4.69, 9.17) is 9.15 Å². The number of rotatable bonds is 8. The molecule has 1 aromatic rings. The number of ether oxygens (including phenoxy) is 1. The van der Waals surface area contributed by atoms with Crippen molar-refractivity contribution in [3.63, 3.8) is 0 Å². The molecule has 2 amide bonds. The van der Waals surface area contributed by atoms with Crippen LogP contribution >= 0.6 is 24.0 Å². The van der Waals surface area contributed by atoms with E-state index in [1.54, 1.807) is 13.1 Å². The molecule has 0 saturated heterocycles. The first-order chi connectivity index (χ1) is 12.7. The zero-order chi connectivity index (χ0) is 20.3. The van der Waals surface area contributed by atoms with Crippen molar-refractivity contribution < 1.29 is 18.7 Å². The van der Waals surface area contributed by atoms with Gasteiger partial charge in [-0.05, 0) is 40.2 Å². The van der Waals surface area contributed by atoms with Crippen LogP contribution in [0.5, 0.6) is 0 Å². The molecule has 1 rings (SSSR count). The van der Waals surface area contributed by atoms with Crippen molar-refractivity contribution in [2.45, 2.75) is 39.7 Å². The molecule has 4 N–H and O–H groups in total. The number of carbonyl (C=O) groups is 2. The van der Waals surface area contributed by atoms with Crippen LogP contribution in [0.4, 0.5) is 4.79 Å². The van der Waals surface area contributed by atoms with Crippen LogP contribution in [0, 0.1) is 6.92 Å². The first-order valence-electron chi connectivity index (χ1n) is 8.96. The fraction of sp³-hybridized carbons (Fsp3) is 0.611. The Bertz CT molecular complexity index is 640. The molecule has 0 radical (unpaired) electrons.